The van der Waals surface area contributed by atoms with E-state index in [1.807, 2.05) is 0 Å². The molecule has 0 bridgehead atoms. The topological polar surface area (TPSA) is 43.8 Å². The smallest absolute Gasteiger partial charge is 0.308 e. The van der Waals surface area contributed by atoms with Gasteiger partial charge < -0.3 is 10.0 Å². The Balaban J connectivity index is 2.58. The number of hydrogen-bond acceptors (Lipinski definition) is 3. The predicted molar refractivity (Wildman–Crippen MR) is 69.2 cm³/mol. The molecule has 1 rings (SSSR count). The van der Waals surface area contributed by atoms with Gasteiger partial charge in [0.2, 0.25) is 0 Å². The molecule has 0 aromatic rings. The Morgan fingerprint density at radius 2 is 1.94 bits per heavy atom. The summed E-state index contributed by atoms with van der Waals surface area (Å²) in [4.78, 5) is 15.8. The number of rotatable bonds is 7. The Labute approximate surface area is 105 Å². The third kappa shape index (κ3) is 4.28. The van der Waals surface area contributed by atoms with Gasteiger partial charge in [0.25, 0.3) is 0 Å². The summed E-state index contributed by atoms with van der Waals surface area (Å²) in [7, 11) is 4.13. The van der Waals surface area contributed by atoms with Crippen molar-refractivity contribution in [1.82, 2.24) is 9.80 Å². The zero-order valence-corrected chi connectivity index (χ0v) is 11.4. The molecular formula is C13H26N2O2. The summed E-state index contributed by atoms with van der Waals surface area (Å²) in [6, 6.07) is 0.257. The molecule has 1 N–H and O–H groups in total. The number of hydrogen-bond donors (Lipinski definition) is 1. The maximum Gasteiger partial charge on any atom is 0.308 e. The molecule has 4 nitrogen and oxygen atoms in total. The molecule has 0 aromatic heterocycles. The van der Waals surface area contributed by atoms with Crippen LogP contribution in [0.15, 0.2) is 0 Å². The molecule has 0 radical (unpaired) electrons. The second kappa shape index (κ2) is 6.97. The lowest BCUT2D eigenvalue weighted by molar-refractivity contribution is -0.143. The fourth-order valence-electron chi connectivity index (χ4n) is 2.72. The van der Waals surface area contributed by atoms with Gasteiger partial charge in [-0.1, -0.05) is 13.3 Å². The van der Waals surface area contributed by atoms with E-state index in [9.17, 15) is 9.90 Å². The second-order valence-corrected chi connectivity index (χ2v) is 5.28. The van der Waals surface area contributed by atoms with Gasteiger partial charge in [-0.15, -0.1) is 0 Å². The maximum absolute atomic E-state index is 11.2. The van der Waals surface area contributed by atoms with Crippen molar-refractivity contribution in [3.63, 3.8) is 0 Å². The van der Waals surface area contributed by atoms with E-state index in [-0.39, 0.29) is 12.0 Å². The van der Waals surface area contributed by atoms with Crippen molar-refractivity contribution in [2.45, 2.75) is 38.6 Å². The van der Waals surface area contributed by atoms with Gasteiger partial charge in [0.15, 0.2) is 0 Å². The minimum atomic E-state index is -0.613. The average molecular weight is 242 g/mol. The first kappa shape index (κ1) is 14.5. The van der Waals surface area contributed by atoms with Gasteiger partial charge in [-0.2, -0.15) is 0 Å². The van der Waals surface area contributed by atoms with E-state index in [4.69, 9.17) is 0 Å². The number of nitrogens with zero attached hydrogens (tertiary/aromatic N) is 2. The molecule has 0 amide bonds. The quantitative estimate of drug-likeness (QED) is 0.735. The van der Waals surface area contributed by atoms with Crippen molar-refractivity contribution in [3.8, 4) is 0 Å². The number of aliphatic carboxylic acids is 1. The highest BCUT2D eigenvalue weighted by Gasteiger charge is 2.36. The molecule has 100 valence electrons. The zero-order valence-electron chi connectivity index (χ0n) is 11.4. The molecule has 2 atom stereocenters. The highest BCUT2D eigenvalue weighted by atomic mass is 16.4. The van der Waals surface area contributed by atoms with Crippen LogP contribution in [0.25, 0.3) is 0 Å². The van der Waals surface area contributed by atoms with Gasteiger partial charge in [0.1, 0.15) is 0 Å². The van der Waals surface area contributed by atoms with Gasteiger partial charge in [-0.3, -0.25) is 9.69 Å². The van der Waals surface area contributed by atoms with Crippen molar-refractivity contribution in [2.24, 2.45) is 5.92 Å². The Hall–Kier alpha value is -0.610. The summed E-state index contributed by atoms with van der Waals surface area (Å²) in [5.74, 6) is -0.762. The van der Waals surface area contributed by atoms with E-state index in [0.29, 0.717) is 0 Å². The average Bonchev–Trinajstić information content (AvgIpc) is 2.72. The molecule has 0 saturated heterocycles. The van der Waals surface area contributed by atoms with Crippen LogP contribution in [0.1, 0.15) is 32.6 Å². The summed E-state index contributed by atoms with van der Waals surface area (Å²) in [5.41, 5.74) is 0. The standard InChI is InChI=1S/C13H26N2O2/c1-4-8-15(10-9-14(2)3)12-7-5-6-11(12)13(16)17/h11-12H,4-10H2,1-3H3,(H,16,17). The Kier molecular flexibility index (Phi) is 5.92. The fourth-order valence-corrected chi connectivity index (χ4v) is 2.72. The SMILES string of the molecule is CCCN(CCN(C)C)C1CCCC1C(=O)O. The fraction of sp³-hybridized carbons (Fsp3) is 0.923. The highest BCUT2D eigenvalue weighted by molar-refractivity contribution is 5.71. The van der Waals surface area contributed by atoms with Crippen LogP contribution in [0.5, 0.6) is 0 Å². The maximum atomic E-state index is 11.2. The van der Waals surface area contributed by atoms with Gasteiger partial charge in [0.05, 0.1) is 5.92 Å². The molecule has 1 aliphatic rings. The van der Waals surface area contributed by atoms with Gasteiger partial charge in [0, 0.05) is 19.1 Å². The second-order valence-electron chi connectivity index (χ2n) is 5.28. The molecular weight excluding hydrogens is 216 g/mol. The van der Waals surface area contributed by atoms with Crippen LogP contribution < -0.4 is 0 Å². The molecule has 1 aliphatic carbocycles. The molecule has 17 heavy (non-hydrogen) atoms. The van der Waals surface area contributed by atoms with E-state index in [0.717, 1.165) is 45.3 Å². The monoisotopic (exact) mass is 242 g/mol. The van der Waals surface area contributed by atoms with Crippen molar-refractivity contribution in [1.29, 1.82) is 0 Å². The number of carboxylic acid groups (broad SMARTS) is 1. The Morgan fingerprint density at radius 1 is 1.24 bits per heavy atom. The Bertz CT molecular complexity index is 244. The van der Waals surface area contributed by atoms with E-state index >= 15 is 0 Å². The number of carbonyl (C=O) groups is 1. The summed E-state index contributed by atoms with van der Waals surface area (Å²) in [6.07, 6.45) is 4.05. The third-order valence-corrected chi connectivity index (χ3v) is 3.61. The van der Waals surface area contributed by atoms with Crippen LogP contribution in [-0.2, 0) is 4.79 Å². The molecule has 4 heteroatoms. The third-order valence-electron chi connectivity index (χ3n) is 3.61. The number of likely N-dealkylation sites (N-methyl/N-ethyl adjacent to an activating group) is 1. The molecule has 0 aliphatic heterocycles. The molecule has 1 saturated carbocycles. The largest absolute Gasteiger partial charge is 0.481 e. The lowest BCUT2D eigenvalue weighted by Crippen LogP contribution is -2.44. The summed E-state index contributed by atoms with van der Waals surface area (Å²) < 4.78 is 0. The van der Waals surface area contributed by atoms with E-state index in [2.05, 4.69) is 30.8 Å². The minimum Gasteiger partial charge on any atom is -0.481 e. The van der Waals surface area contributed by atoms with Crippen molar-refractivity contribution in [3.05, 3.63) is 0 Å². The van der Waals surface area contributed by atoms with Crippen LogP contribution in [0.2, 0.25) is 0 Å². The summed E-state index contributed by atoms with van der Waals surface area (Å²) >= 11 is 0. The lowest BCUT2D eigenvalue weighted by atomic mass is 10.0. The molecule has 0 heterocycles. The van der Waals surface area contributed by atoms with Gasteiger partial charge >= 0.3 is 5.97 Å². The first-order valence-electron chi connectivity index (χ1n) is 6.67. The molecule has 1 fully saturated rings. The summed E-state index contributed by atoms with van der Waals surface area (Å²) in [6.45, 7) is 5.16. The van der Waals surface area contributed by atoms with Crippen LogP contribution in [0, 0.1) is 5.92 Å². The predicted octanol–water partition coefficient (Wildman–Crippen LogP) is 1.51. The highest BCUT2D eigenvalue weighted by Crippen LogP contribution is 2.30. The van der Waals surface area contributed by atoms with Crippen LogP contribution in [0.3, 0.4) is 0 Å². The lowest BCUT2D eigenvalue weighted by Gasteiger charge is -2.32. The van der Waals surface area contributed by atoms with E-state index < -0.39 is 5.97 Å². The normalized spacial score (nSPS) is 24.8. The van der Waals surface area contributed by atoms with Gasteiger partial charge in [-0.25, -0.2) is 0 Å². The molecule has 0 spiro atoms. The molecule has 2 unspecified atom stereocenters. The molecule has 0 aromatic carbocycles. The minimum absolute atomic E-state index is 0.149. The van der Waals surface area contributed by atoms with Crippen molar-refractivity contribution < 1.29 is 9.90 Å². The van der Waals surface area contributed by atoms with E-state index in [1.54, 1.807) is 0 Å². The first-order chi connectivity index (χ1) is 8.06. The van der Waals surface area contributed by atoms with E-state index in [1.165, 1.54) is 0 Å². The van der Waals surface area contributed by atoms with Crippen molar-refractivity contribution in [2.75, 3.05) is 33.7 Å². The van der Waals surface area contributed by atoms with Crippen molar-refractivity contribution >= 4 is 5.97 Å². The zero-order chi connectivity index (χ0) is 12.8. The first-order valence-corrected chi connectivity index (χ1v) is 6.67. The van der Waals surface area contributed by atoms with Crippen LogP contribution in [0.4, 0.5) is 0 Å². The van der Waals surface area contributed by atoms with Gasteiger partial charge in [-0.05, 0) is 39.9 Å². The van der Waals surface area contributed by atoms with Crippen LogP contribution >= 0.6 is 0 Å². The Morgan fingerprint density at radius 3 is 2.47 bits per heavy atom. The summed E-state index contributed by atoms with van der Waals surface area (Å²) in [5, 5.41) is 9.24. The van der Waals surface area contributed by atoms with Crippen LogP contribution in [-0.4, -0.2) is 60.6 Å². The number of carboxylic acids is 1.